The number of pyridine rings is 1. The smallest absolute Gasteiger partial charge is 0.230 e. The van der Waals surface area contributed by atoms with E-state index in [0.29, 0.717) is 23.0 Å². The first-order valence-electron chi connectivity index (χ1n) is 8.94. The highest BCUT2D eigenvalue weighted by atomic mass is 16.6. The minimum absolute atomic E-state index is 0.0929. The summed E-state index contributed by atoms with van der Waals surface area (Å²) < 4.78 is 11.1. The van der Waals surface area contributed by atoms with Crippen LogP contribution in [0.5, 0.6) is 11.6 Å². The summed E-state index contributed by atoms with van der Waals surface area (Å²) in [6, 6.07) is 24.4. The predicted molar refractivity (Wildman–Crippen MR) is 108 cm³/mol. The number of nitrogens with zero attached hydrogens (tertiary/aromatic N) is 3. The van der Waals surface area contributed by atoms with Crippen molar-refractivity contribution >= 4 is 5.84 Å². The van der Waals surface area contributed by atoms with Crippen LogP contribution in [0, 0.1) is 0 Å². The molecule has 0 aliphatic carbocycles. The molecule has 0 spiro atoms. The molecule has 4 rings (SSSR count). The molecule has 0 radical (unpaired) electrons. The summed E-state index contributed by atoms with van der Waals surface area (Å²) in [6.45, 7) is 0.0929. The van der Waals surface area contributed by atoms with E-state index in [1.165, 1.54) is 0 Å². The van der Waals surface area contributed by atoms with Crippen molar-refractivity contribution in [3.05, 3.63) is 96.4 Å². The summed E-state index contributed by atoms with van der Waals surface area (Å²) in [6.07, 6.45) is 1.62. The Bertz CT molecular complexity index is 1100. The molecule has 0 amide bonds. The lowest BCUT2D eigenvalue weighted by Gasteiger charge is -2.09. The van der Waals surface area contributed by atoms with Gasteiger partial charge in [0.05, 0.1) is 5.56 Å². The molecule has 7 heteroatoms. The summed E-state index contributed by atoms with van der Waals surface area (Å²) >= 11 is 0. The van der Waals surface area contributed by atoms with Gasteiger partial charge in [-0.15, -0.1) is 0 Å². The average Bonchev–Trinajstić information content (AvgIpc) is 3.24. The molecule has 29 heavy (non-hydrogen) atoms. The first kappa shape index (κ1) is 18.2. The second kappa shape index (κ2) is 8.71. The van der Waals surface area contributed by atoms with E-state index in [0.717, 1.165) is 11.3 Å². The highest BCUT2D eigenvalue weighted by Gasteiger charge is 2.11. The minimum Gasteiger partial charge on any atom is -0.438 e. The van der Waals surface area contributed by atoms with Crippen LogP contribution in [0.25, 0.3) is 11.3 Å². The van der Waals surface area contributed by atoms with Crippen LogP contribution in [-0.2, 0) is 11.4 Å². The van der Waals surface area contributed by atoms with Crippen LogP contribution in [0.3, 0.4) is 0 Å². The quantitative estimate of drug-likeness (QED) is 0.288. The van der Waals surface area contributed by atoms with E-state index >= 15 is 0 Å². The van der Waals surface area contributed by atoms with Crippen molar-refractivity contribution in [2.45, 2.75) is 6.61 Å². The molecule has 2 heterocycles. The molecule has 0 fully saturated rings. The van der Waals surface area contributed by atoms with Crippen LogP contribution in [0.1, 0.15) is 11.3 Å². The number of aromatic nitrogens is 2. The van der Waals surface area contributed by atoms with Crippen LogP contribution >= 0.6 is 0 Å². The number of oxime groups is 1. The van der Waals surface area contributed by atoms with Crippen molar-refractivity contribution in [3.63, 3.8) is 0 Å². The van der Waals surface area contributed by atoms with Gasteiger partial charge in [0.2, 0.25) is 5.88 Å². The van der Waals surface area contributed by atoms with Gasteiger partial charge in [0, 0.05) is 17.8 Å². The molecule has 0 aliphatic heterocycles. The second-order valence-corrected chi connectivity index (χ2v) is 6.07. The van der Waals surface area contributed by atoms with E-state index in [-0.39, 0.29) is 12.4 Å². The molecule has 0 saturated carbocycles. The van der Waals surface area contributed by atoms with Gasteiger partial charge in [0.15, 0.2) is 18.2 Å². The summed E-state index contributed by atoms with van der Waals surface area (Å²) in [5, 5.41) is 8.00. The zero-order chi connectivity index (χ0) is 19.9. The fourth-order valence-electron chi connectivity index (χ4n) is 2.61. The van der Waals surface area contributed by atoms with Crippen LogP contribution in [0.15, 0.2) is 94.7 Å². The normalized spacial score (nSPS) is 11.2. The number of amidine groups is 1. The largest absolute Gasteiger partial charge is 0.438 e. The van der Waals surface area contributed by atoms with E-state index in [1.54, 1.807) is 24.4 Å². The van der Waals surface area contributed by atoms with Gasteiger partial charge in [-0.25, -0.2) is 4.98 Å². The van der Waals surface area contributed by atoms with Gasteiger partial charge < -0.3 is 19.8 Å². The molecule has 2 aromatic carbocycles. The third kappa shape index (κ3) is 4.59. The maximum absolute atomic E-state index is 6.07. The molecule has 144 valence electrons. The monoisotopic (exact) mass is 386 g/mol. The SMILES string of the molecule is N/C(=N/OCc1cc(-c2ccccc2)no1)c1cccnc1Oc1ccccc1. The van der Waals surface area contributed by atoms with Gasteiger partial charge >= 0.3 is 0 Å². The standard InChI is InChI=1S/C22H18N4O3/c23-21(19-12-7-13-24-22(19)28-17-10-5-2-6-11-17)26-27-15-18-14-20(25-29-18)16-8-3-1-4-9-16/h1-14H,15H2,(H2,23,26). The Morgan fingerprint density at radius 3 is 2.52 bits per heavy atom. The molecule has 0 bridgehead atoms. The molecule has 7 nitrogen and oxygen atoms in total. The molecule has 0 atom stereocenters. The second-order valence-electron chi connectivity index (χ2n) is 6.07. The summed E-state index contributed by atoms with van der Waals surface area (Å²) in [4.78, 5) is 9.57. The van der Waals surface area contributed by atoms with Crippen molar-refractivity contribution < 1.29 is 14.1 Å². The fraction of sp³-hybridized carbons (Fsp3) is 0.0455. The lowest BCUT2D eigenvalue weighted by Crippen LogP contribution is -2.15. The van der Waals surface area contributed by atoms with E-state index in [4.69, 9.17) is 19.8 Å². The average molecular weight is 386 g/mol. The minimum atomic E-state index is 0.0929. The Balaban J connectivity index is 1.43. The van der Waals surface area contributed by atoms with Crippen molar-refractivity contribution in [1.82, 2.24) is 10.1 Å². The molecule has 2 N–H and O–H groups in total. The van der Waals surface area contributed by atoms with Crippen molar-refractivity contribution in [2.24, 2.45) is 10.9 Å². The van der Waals surface area contributed by atoms with Crippen LogP contribution in [0.2, 0.25) is 0 Å². The number of hydrogen-bond donors (Lipinski definition) is 1. The van der Waals surface area contributed by atoms with E-state index < -0.39 is 0 Å². The van der Waals surface area contributed by atoms with Crippen LogP contribution < -0.4 is 10.5 Å². The highest BCUT2D eigenvalue weighted by Crippen LogP contribution is 2.23. The molecular weight excluding hydrogens is 368 g/mol. The third-order valence-corrected chi connectivity index (χ3v) is 4.00. The highest BCUT2D eigenvalue weighted by molar-refractivity contribution is 5.99. The summed E-state index contributed by atoms with van der Waals surface area (Å²) in [5.74, 6) is 1.67. The van der Waals surface area contributed by atoms with Crippen molar-refractivity contribution in [3.8, 4) is 22.9 Å². The third-order valence-electron chi connectivity index (χ3n) is 4.00. The number of hydrogen-bond acceptors (Lipinski definition) is 6. The number of ether oxygens (including phenoxy) is 1. The predicted octanol–water partition coefficient (Wildman–Crippen LogP) is 4.37. The van der Waals surface area contributed by atoms with Crippen LogP contribution in [-0.4, -0.2) is 16.0 Å². The lowest BCUT2D eigenvalue weighted by atomic mass is 10.1. The number of rotatable bonds is 7. The Morgan fingerprint density at radius 1 is 0.966 bits per heavy atom. The van der Waals surface area contributed by atoms with Gasteiger partial charge in [-0.3, -0.25) is 0 Å². The fourth-order valence-corrected chi connectivity index (χ4v) is 2.61. The van der Waals surface area contributed by atoms with Crippen LogP contribution in [0.4, 0.5) is 0 Å². The maximum atomic E-state index is 6.07. The maximum Gasteiger partial charge on any atom is 0.230 e. The summed E-state index contributed by atoms with van der Waals surface area (Å²) in [7, 11) is 0. The molecule has 0 unspecified atom stereocenters. The number of nitrogens with two attached hydrogens (primary N) is 1. The van der Waals surface area contributed by atoms with E-state index in [2.05, 4.69) is 15.3 Å². The molecule has 2 aromatic heterocycles. The topological polar surface area (TPSA) is 95.8 Å². The van der Waals surface area contributed by atoms with Gasteiger partial charge in [-0.2, -0.15) is 0 Å². The van der Waals surface area contributed by atoms with Crippen molar-refractivity contribution in [2.75, 3.05) is 0 Å². The number of para-hydroxylation sites is 1. The zero-order valence-electron chi connectivity index (χ0n) is 15.4. The zero-order valence-corrected chi connectivity index (χ0v) is 15.4. The van der Waals surface area contributed by atoms with Gasteiger partial charge in [0.1, 0.15) is 11.4 Å². The van der Waals surface area contributed by atoms with Gasteiger partial charge in [-0.05, 0) is 24.3 Å². The Kier molecular flexibility index (Phi) is 5.48. The van der Waals surface area contributed by atoms with E-state index in [1.807, 2.05) is 60.7 Å². The summed E-state index contributed by atoms with van der Waals surface area (Å²) in [5.41, 5.74) is 8.29. The van der Waals surface area contributed by atoms with E-state index in [9.17, 15) is 0 Å². The molecule has 0 aliphatic rings. The molecule has 4 aromatic rings. The van der Waals surface area contributed by atoms with Gasteiger partial charge in [0.25, 0.3) is 0 Å². The molecule has 0 saturated heterocycles. The Labute approximate surface area is 167 Å². The molecular formula is C22H18N4O3. The lowest BCUT2D eigenvalue weighted by molar-refractivity contribution is 0.109. The first-order valence-corrected chi connectivity index (χ1v) is 8.94. The van der Waals surface area contributed by atoms with Crippen molar-refractivity contribution in [1.29, 1.82) is 0 Å². The number of benzene rings is 2. The Hall–Kier alpha value is -4.13. The van der Waals surface area contributed by atoms with Gasteiger partial charge in [-0.1, -0.05) is 58.8 Å². The first-order chi connectivity index (χ1) is 14.3. The Morgan fingerprint density at radius 2 is 1.72 bits per heavy atom.